The lowest BCUT2D eigenvalue weighted by molar-refractivity contribution is 0.0310. The van der Waals surface area contributed by atoms with Crippen molar-refractivity contribution in [3.05, 3.63) is 48.5 Å². The number of hydrogen-bond acceptors (Lipinski definition) is 5. The predicted molar refractivity (Wildman–Crippen MR) is 111 cm³/mol. The molecule has 0 aromatic carbocycles. The van der Waals surface area contributed by atoms with Crippen LogP contribution in [0.1, 0.15) is 38.3 Å². The molecule has 0 N–H and O–H groups in total. The molecule has 3 aromatic heterocycles. The SMILES string of the molecule is CCO[C@H]1CC[C@@H](N2CN=Cc3c(-c4cnc5ncccc5c4)ccn32)CC1. The number of hydrogen-bond donors (Lipinski definition) is 0. The van der Waals surface area contributed by atoms with Crippen molar-refractivity contribution >= 4 is 17.2 Å². The highest BCUT2D eigenvalue weighted by Gasteiger charge is 2.29. The summed E-state index contributed by atoms with van der Waals surface area (Å²) in [4.78, 5) is 13.5. The maximum atomic E-state index is 5.82. The first-order valence-electron chi connectivity index (χ1n) is 10.1. The zero-order valence-corrected chi connectivity index (χ0v) is 16.2. The van der Waals surface area contributed by atoms with E-state index in [0.29, 0.717) is 18.8 Å². The Morgan fingerprint density at radius 2 is 2.04 bits per heavy atom. The molecule has 6 heteroatoms. The fourth-order valence-corrected chi connectivity index (χ4v) is 4.46. The zero-order chi connectivity index (χ0) is 18.9. The lowest BCUT2D eigenvalue weighted by atomic mass is 9.92. The van der Waals surface area contributed by atoms with Gasteiger partial charge in [0.1, 0.15) is 6.67 Å². The van der Waals surface area contributed by atoms with Crippen molar-refractivity contribution in [2.24, 2.45) is 4.99 Å². The molecule has 5 rings (SSSR count). The van der Waals surface area contributed by atoms with E-state index in [9.17, 15) is 0 Å². The van der Waals surface area contributed by atoms with Crippen molar-refractivity contribution in [3.8, 4) is 11.1 Å². The number of nitrogens with zero attached hydrogens (tertiary/aromatic N) is 5. The van der Waals surface area contributed by atoms with E-state index >= 15 is 0 Å². The highest BCUT2D eigenvalue weighted by Crippen LogP contribution is 2.30. The van der Waals surface area contributed by atoms with Crippen LogP contribution >= 0.6 is 0 Å². The molecule has 144 valence electrons. The van der Waals surface area contributed by atoms with Gasteiger partial charge in [0.25, 0.3) is 0 Å². The quantitative estimate of drug-likeness (QED) is 0.696. The van der Waals surface area contributed by atoms with E-state index in [1.165, 1.54) is 0 Å². The van der Waals surface area contributed by atoms with E-state index in [2.05, 4.69) is 56.0 Å². The molecule has 1 aliphatic heterocycles. The van der Waals surface area contributed by atoms with Gasteiger partial charge in [-0.1, -0.05) is 0 Å². The number of fused-ring (bicyclic) bond motifs is 2. The number of ether oxygens (including phenoxy) is 1. The van der Waals surface area contributed by atoms with E-state index in [1.54, 1.807) is 6.20 Å². The van der Waals surface area contributed by atoms with Gasteiger partial charge in [-0.3, -0.25) is 14.7 Å². The van der Waals surface area contributed by atoms with Crippen LogP contribution in [0.5, 0.6) is 0 Å². The third kappa shape index (κ3) is 3.07. The Morgan fingerprint density at radius 1 is 1.14 bits per heavy atom. The summed E-state index contributed by atoms with van der Waals surface area (Å²) >= 11 is 0. The standard InChI is InChI=1S/C22H25N5O/c1-2-28-19-7-5-18(6-8-19)27-15-23-14-21-20(9-11-26(21)27)17-12-16-4-3-10-24-22(16)25-13-17/h3-4,9-14,18-19H,2,5-8,15H2,1H3/t18-,19+. The predicted octanol–water partition coefficient (Wildman–Crippen LogP) is 3.77. The molecule has 0 unspecified atom stereocenters. The topological polar surface area (TPSA) is 55.5 Å². The second kappa shape index (κ2) is 7.36. The van der Waals surface area contributed by atoms with Gasteiger partial charge in [0.05, 0.1) is 11.8 Å². The van der Waals surface area contributed by atoms with Crippen LogP contribution in [-0.4, -0.2) is 46.3 Å². The average Bonchev–Trinajstić information content (AvgIpc) is 3.18. The Labute approximate surface area is 164 Å². The minimum atomic E-state index is 0.423. The van der Waals surface area contributed by atoms with Crippen LogP contribution < -0.4 is 5.01 Å². The van der Waals surface area contributed by atoms with Crippen molar-refractivity contribution in [1.82, 2.24) is 14.6 Å². The van der Waals surface area contributed by atoms with Crippen LogP contribution in [-0.2, 0) is 4.74 Å². The second-order valence-electron chi connectivity index (χ2n) is 7.51. The van der Waals surface area contributed by atoms with Crippen LogP contribution in [0.2, 0.25) is 0 Å². The first-order valence-corrected chi connectivity index (χ1v) is 10.1. The van der Waals surface area contributed by atoms with Gasteiger partial charge in [0.15, 0.2) is 5.65 Å². The van der Waals surface area contributed by atoms with E-state index in [-0.39, 0.29) is 0 Å². The third-order valence-corrected chi connectivity index (χ3v) is 5.85. The number of aromatic nitrogens is 3. The van der Waals surface area contributed by atoms with Gasteiger partial charge < -0.3 is 4.74 Å². The van der Waals surface area contributed by atoms with E-state index in [4.69, 9.17) is 4.74 Å². The van der Waals surface area contributed by atoms with Gasteiger partial charge in [-0.25, -0.2) is 9.97 Å². The Balaban J connectivity index is 1.43. The van der Waals surface area contributed by atoms with Crippen LogP contribution in [0.3, 0.4) is 0 Å². The molecule has 0 bridgehead atoms. The van der Waals surface area contributed by atoms with Gasteiger partial charge in [-0.2, -0.15) is 0 Å². The van der Waals surface area contributed by atoms with Crippen LogP contribution in [0.4, 0.5) is 0 Å². The molecule has 0 atom stereocenters. The summed E-state index contributed by atoms with van der Waals surface area (Å²) in [6.07, 6.45) is 12.8. The Morgan fingerprint density at radius 3 is 2.89 bits per heavy atom. The number of rotatable bonds is 4. The summed E-state index contributed by atoms with van der Waals surface area (Å²) in [7, 11) is 0. The van der Waals surface area contributed by atoms with Crippen molar-refractivity contribution in [3.63, 3.8) is 0 Å². The fourth-order valence-electron chi connectivity index (χ4n) is 4.46. The molecular weight excluding hydrogens is 350 g/mol. The monoisotopic (exact) mass is 375 g/mol. The maximum Gasteiger partial charge on any atom is 0.159 e. The van der Waals surface area contributed by atoms with Gasteiger partial charge in [0.2, 0.25) is 0 Å². The molecular formula is C22H25N5O. The Hall–Kier alpha value is -2.73. The molecule has 0 spiro atoms. The zero-order valence-electron chi connectivity index (χ0n) is 16.2. The van der Waals surface area contributed by atoms with Crippen molar-refractivity contribution in [2.45, 2.75) is 44.8 Å². The lowest BCUT2D eigenvalue weighted by Gasteiger charge is -2.39. The molecule has 1 fully saturated rings. The third-order valence-electron chi connectivity index (χ3n) is 5.85. The largest absolute Gasteiger partial charge is 0.379 e. The molecule has 0 amide bonds. The van der Waals surface area contributed by atoms with Gasteiger partial charge in [0, 0.05) is 54.0 Å². The van der Waals surface area contributed by atoms with Crippen molar-refractivity contribution in [1.29, 1.82) is 0 Å². The van der Waals surface area contributed by atoms with E-state index in [0.717, 1.165) is 60.1 Å². The summed E-state index contributed by atoms with van der Waals surface area (Å²) in [6.45, 7) is 3.60. The van der Waals surface area contributed by atoms with Crippen molar-refractivity contribution in [2.75, 3.05) is 18.3 Å². The Kier molecular flexibility index (Phi) is 4.56. The van der Waals surface area contributed by atoms with E-state index < -0.39 is 0 Å². The smallest absolute Gasteiger partial charge is 0.159 e. The fraction of sp³-hybridized carbons (Fsp3) is 0.409. The normalized spacial score (nSPS) is 21.8. The molecule has 3 aromatic rings. The minimum absolute atomic E-state index is 0.423. The highest BCUT2D eigenvalue weighted by molar-refractivity contribution is 5.91. The minimum Gasteiger partial charge on any atom is -0.379 e. The summed E-state index contributed by atoms with van der Waals surface area (Å²) in [5.74, 6) is 0. The van der Waals surface area contributed by atoms with Crippen molar-refractivity contribution < 1.29 is 4.74 Å². The van der Waals surface area contributed by atoms with Crippen LogP contribution in [0, 0.1) is 0 Å². The Bertz CT molecular complexity index is 1000. The molecule has 2 aliphatic rings. The summed E-state index contributed by atoms with van der Waals surface area (Å²) in [5, 5.41) is 3.45. The molecule has 0 radical (unpaired) electrons. The van der Waals surface area contributed by atoms with Gasteiger partial charge in [-0.05, 0) is 56.9 Å². The maximum absolute atomic E-state index is 5.82. The summed E-state index contributed by atoms with van der Waals surface area (Å²) < 4.78 is 8.10. The molecule has 1 aliphatic carbocycles. The lowest BCUT2D eigenvalue weighted by Crippen LogP contribution is -2.48. The first kappa shape index (κ1) is 17.4. The highest BCUT2D eigenvalue weighted by atomic mass is 16.5. The molecule has 6 nitrogen and oxygen atoms in total. The molecule has 4 heterocycles. The first-order chi connectivity index (χ1) is 13.8. The van der Waals surface area contributed by atoms with Gasteiger partial charge in [-0.15, -0.1) is 0 Å². The molecule has 1 saturated carbocycles. The number of pyridine rings is 2. The summed E-state index contributed by atoms with van der Waals surface area (Å²) in [5.41, 5.74) is 4.17. The molecule has 0 saturated heterocycles. The second-order valence-corrected chi connectivity index (χ2v) is 7.51. The summed E-state index contributed by atoms with van der Waals surface area (Å²) in [6, 6.07) is 8.84. The van der Waals surface area contributed by atoms with E-state index in [1.807, 2.05) is 18.5 Å². The average molecular weight is 375 g/mol. The molecule has 28 heavy (non-hydrogen) atoms. The van der Waals surface area contributed by atoms with Crippen LogP contribution in [0.25, 0.3) is 22.2 Å². The number of aliphatic imine (C=N–C) groups is 1. The van der Waals surface area contributed by atoms with Crippen LogP contribution in [0.15, 0.2) is 47.8 Å². The van der Waals surface area contributed by atoms with Gasteiger partial charge >= 0.3 is 0 Å².